The van der Waals surface area contributed by atoms with E-state index in [1.165, 1.54) is 37.7 Å². The monoisotopic (exact) mass is 442 g/mol. The Morgan fingerprint density at radius 1 is 1.03 bits per heavy atom. The predicted molar refractivity (Wildman–Crippen MR) is 128 cm³/mol. The molecule has 2 heterocycles. The number of rotatable bonds is 10. The number of H-pyrrole nitrogens is 1. The van der Waals surface area contributed by atoms with Crippen molar-refractivity contribution in [2.24, 2.45) is 0 Å². The largest absolute Gasteiger partial charge is 0.616 e. The van der Waals surface area contributed by atoms with Crippen LogP contribution in [0.2, 0.25) is 0 Å². The van der Waals surface area contributed by atoms with Crippen LogP contribution in [0.3, 0.4) is 0 Å². The molecule has 0 bridgehead atoms. The highest BCUT2D eigenvalue weighted by molar-refractivity contribution is 7.91. The maximum atomic E-state index is 12.3. The van der Waals surface area contributed by atoms with Crippen molar-refractivity contribution in [2.45, 2.75) is 64.0 Å². The van der Waals surface area contributed by atoms with Crippen molar-refractivity contribution in [3.8, 4) is 11.5 Å². The van der Waals surface area contributed by atoms with Crippen LogP contribution in [0, 0.1) is 0 Å². The van der Waals surface area contributed by atoms with Crippen molar-refractivity contribution < 1.29 is 14.0 Å². The molecule has 0 amide bonds. The number of nitrogens with one attached hydrogen (secondary N) is 1. The minimum atomic E-state index is -0.743. The smallest absolute Gasteiger partial charge is 0.231 e. The van der Waals surface area contributed by atoms with E-state index < -0.39 is 11.2 Å². The van der Waals surface area contributed by atoms with Gasteiger partial charge in [0, 0.05) is 6.42 Å². The summed E-state index contributed by atoms with van der Waals surface area (Å²) in [5.74, 6) is 2.45. The molecule has 4 rings (SSSR count). The van der Waals surface area contributed by atoms with Crippen LogP contribution in [-0.2, 0) is 17.6 Å². The lowest BCUT2D eigenvalue weighted by Gasteiger charge is -2.18. The highest BCUT2D eigenvalue weighted by Crippen LogP contribution is 2.33. The lowest BCUT2D eigenvalue weighted by Crippen LogP contribution is -2.23. The number of para-hydroxylation sites is 2. The zero-order chi connectivity index (χ0) is 21.9. The summed E-state index contributed by atoms with van der Waals surface area (Å²) in [6, 6.07) is 14.0. The van der Waals surface area contributed by atoms with E-state index in [0.29, 0.717) is 6.79 Å². The number of ether oxygens (including phenoxy) is 2. The lowest BCUT2D eigenvalue weighted by molar-refractivity contribution is 0.174. The highest BCUT2D eigenvalue weighted by Gasteiger charge is 2.19. The molecule has 2 unspecified atom stereocenters. The number of imidazole rings is 1. The molecule has 5 nitrogen and oxygen atoms in total. The minimum absolute atomic E-state index is 0.191. The second kappa shape index (κ2) is 12.6. The van der Waals surface area contributed by atoms with Crippen LogP contribution in [0.1, 0.15) is 57.9 Å². The maximum absolute atomic E-state index is 12.3. The molecule has 0 saturated carbocycles. The van der Waals surface area contributed by atoms with E-state index in [4.69, 9.17) is 9.47 Å². The molecule has 0 saturated heterocycles. The third-order valence-electron chi connectivity index (χ3n) is 5.44. The van der Waals surface area contributed by atoms with Crippen LogP contribution in [-0.4, -0.2) is 32.3 Å². The van der Waals surface area contributed by atoms with Gasteiger partial charge in [0.2, 0.25) is 6.79 Å². The average Bonchev–Trinajstić information content (AvgIpc) is 3.45. The Labute approximate surface area is 188 Å². The van der Waals surface area contributed by atoms with Gasteiger partial charge in [0.25, 0.3) is 0 Å². The van der Waals surface area contributed by atoms with Crippen molar-refractivity contribution in [1.82, 2.24) is 9.97 Å². The van der Waals surface area contributed by atoms with E-state index in [-0.39, 0.29) is 5.25 Å². The van der Waals surface area contributed by atoms with Gasteiger partial charge in [0.1, 0.15) is 11.0 Å². The molecule has 0 spiro atoms. The Kier molecular flexibility index (Phi) is 9.56. The topological polar surface area (TPSA) is 70.2 Å². The molecule has 1 aromatic heterocycles. The standard InChI is InChI=1S/C18H28O3S.C7H6N2/c1-3-4-5-6-7-8-11-22(19)15(2)12-16-9-10-17-18(13-16)21-14-20-17;1-2-4-7-6(3-1)8-5-9-7/h9-10,13,15H,3-8,11-12,14H2,1-2H3;1-5H,(H,8,9). The quantitative estimate of drug-likeness (QED) is 0.308. The van der Waals surface area contributed by atoms with Crippen LogP contribution in [0.4, 0.5) is 0 Å². The molecule has 3 aromatic rings. The Bertz CT molecular complexity index is 884. The van der Waals surface area contributed by atoms with Gasteiger partial charge in [-0.15, -0.1) is 0 Å². The molecular weight excluding hydrogens is 408 g/mol. The van der Waals surface area contributed by atoms with Gasteiger partial charge >= 0.3 is 0 Å². The molecular formula is C25H34N2O3S. The zero-order valence-corrected chi connectivity index (χ0v) is 19.5. The first-order valence-corrected chi connectivity index (χ1v) is 12.7. The average molecular weight is 443 g/mol. The maximum Gasteiger partial charge on any atom is 0.231 e. The summed E-state index contributed by atoms with van der Waals surface area (Å²) in [5, 5.41) is 0.191. The zero-order valence-electron chi connectivity index (χ0n) is 18.6. The number of benzene rings is 2. The van der Waals surface area contributed by atoms with Crippen LogP contribution in [0.25, 0.3) is 11.0 Å². The summed E-state index contributed by atoms with van der Waals surface area (Å²) < 4.78 is 23.0. The van der Waals surface area contributed by atoms with E-state index in [1.807, 2.05) is 42.5 Å². The Hall–Kier alpha value is -2.18. The summed E-state index contributed by atoms with van der Waals surface area (Å²) in [7, 11) is 0. The van der Waals surface area contributed by atoms with E-state index in [2.05, 4.69) is 23.8 Å². The van der Waals surface area contributed by atoms with E-state index in [1.54, 1.807) is 6.33 Å². The summed E-state index contributed by atoms with van der Waals surface area (Å²) in [4.78, 5) is 7.07. The molecule has 0 fully saturated rings. The van der Waals surface area contributed by atoms with Crippen molar-refractivity contribution in [2.75, 3.05) is 12.5 Å². The number of unbranched alkanes of at least 4 members (excludes halogenated alkanes) is 5. The lowest BCUT2D eigenvalue weighted by atomic mass is 10.1. The molecule has 6 heteroatoms. The number of hydrogen-bond donors (Lipinski definition) is 1. The van der Waals surface area contributed by atoms with Crippen molar-refractivity contribution in [1.29, 1.82) is 0 Å². The Morgan fingerprint density at radius 2 is 1.81 bits per heavy atom. The fourth-order valence-corrected chi connectivity index (χ4v) is 4.87. The summed E-state index contributed by atoms with van der Waals surface area (Å²) >= 11 is -0.743. The third-order valence-corrected chi connectivity index (χ3v) is 7.19. The molecule has 0 radical (unpaired) electrons. The molecule has 2 atom stereocenters. The summed E-state index contributed by atoms with van der Waals surface area (Å²) in [5.41, 5.74) is 3.29. The second-order valence-electron chi connectivity index (χ2n) is 7.97. The number of aromatic amines is 1. The van der Waals surface area contributed by atoms with E-state index >= 15 is 0 Å². The first kappa shape index (κ1) is 23.5. The number of hydrogen-bond acceptors (Lipinski definition) is 4. The van der Waals surface area contributed by atoms with Crippen LogP contribution >= 0.6 is 0 Å². The van der Waals surface area contributed by atoms with Gasteiger partial charge in [-0.25, -0.2) is 4.98 Å². The van der Waals surface area contributed by atoms with Crippen molar-refractivity contribution in [3.63, 3.8) is 0 Å². The minimum Gasteiger partial charge on any atom is -0.616 e. The van der Waals surface area contributed by atoms with Gasteiger partial charge in [-0.3, -0.25) is 0 Å². The summed E-state index contributed by atoms with van der Waals surface area (Å²) in [6.07, 6.45) is 10.0. The molecule has 1 aliphatic heterocycles. The van der Waals surface area contributed by atoms with Gasteiger partial charge < -0.3 is 19.0 Å². The SMILES string of the molecule is CCCCCCCC[S+]([O-])C(C)Cc1ccc2c(c1)OCO2.c1ccc2[nH]cnc2c1. The molecule has 31 heavy (non-hydrogen) atoms. The second-order valence-corrected chi connectivity index (χ2v) is 9.95. The van der Waals surface area contributed by atoms with E-state index in [0.717, 1.165) is 41.1 Å². The van der Waals surface area contributed by atoms with Gasteiger partial charge in [-0.05, 0) is 49.6 Å². The number of aromatic nitrogens is 2. The molecule has 2 aromatic carbocycles. The molecule has 168 valence electrons. The van der Waals surface area contributed by atoms with Crippen LogP contribution in [0.15, 0.2) is 48.8 Å². The van der Waals surface area contributed by atoms with Gasteiger partial charge in [0.15, 0.2) is 11.5 Å². The normalized spacial score (nSPS) is 14.2. The first-order valence-electron chi connectivity index (χ1n) is 11.3. The van der Waals surface area contributed by atoms with Crippen molar-refractivity contribution in [3.05, 3.63) is 54.4 Å². The third kappa shape index (κ3) is 7.47. The van der Waals surface area contributed by atoms with E-state index in [9.17, 15) is 4.55 Å². The van der Waals surface area contributed by atoms with Crippen LogP contribution < -0.4 is 9.47 Å². The Morgan fingerprint density at radius 3 is 2.65 bits per heavy atom. The first-order chi connectivity index (χ1) is 15.2. The van der Waals surface area contributed by atoms with Crippen LogP contribution in [0.5, 0.6) is 11.5 Å². The molecule has 1 N–H and O–H groups in total. The van der Waals surface area contributed by atoms with Gasteiger partial charge in [0.05, 0.1) is 17.4 Å². The fourth-order valence-electron chi connectivity index (χ4n) is 3.60. The summed E-state index contributed by atoms with van der Waals surface area (Å²) in [6.45, 7) is 4.61. The highest BCUT2D eigenvalue weighted by atomic mass is 32.2. The van der Waals surface area contributed by atoms with Gasteiger partial charge in [-0.1, -0.05) is 62.0 Å². The van der Waals surface area contributed by atoms with Gasteiger partial charge in [-0.2, -0.15) is 0 Å². The number of fused-ring (bicyclic) bond motifs is 2. The molecule has 0 aliphatic carbocycles. The number of nitrogens with zero attached hydrogens (tertiary/aromatic N) is 1. The Balaban J connectivity index is 0.000000248. The predicted octanol–water partition coefficient (Wildman–Crippen LogP) is 6.02. The van der Waals surface area contributed by atoms with Crippen molar-refractivity contribution >= 4 is 22.2 Å². The molecule has 1 aliphatic rings. The fraction of sp³-hybridized carbons (Fsp3) is 0.480.